The van der Waals surface area contributed by atoms with Gasteiger partial charge in [-0.1, -0.05) is 34.6 Å². The molecule has 1 saturated heterocycles. The highest BCUT2D eigenvalue weighted by Crippen LogP contribution is 2.89. The van der Waals surface area contributed by atoms with Crippen molar-refractivity contribution in [3.63, 3.8) is 0 Å². The van der Waals surface area contributed by atoms with Crippen molar-refractivity contribution >= 4 is 11.8 Å². The Morgan fingerprint density at radius 3 is 2.22 bits per heavy atom. The van der Waals surface area contributed by atoms with Crippen molar-refractivity contribution in [2.75, 3.05) is 6.26 Å². The van der Waals surface area contributed by atoms with Crippen molar-refractivity contribution in [2.45, 2.75) is 135 Å². The molecule has 0 radical (unpaired) electrons. The molecule has 6 aliphatic rings. The summed E-state index contributed by atoms with van der Waals surface area (Å²) < 4.78 is 6.91. The van der Waals surface area contributed by atoms with E-state index in [1.165, 1.54) is 38.5 Å². The molecule has 1 aliphatic heterocycles. The maximum absolute atomic E-state index is 12.3. The van der Waals surface area contributed by atoms with Gasteiger partial charge in [0.1, 0.15) is 0 Å². The summed E-state index contributed by atoms with van der Waals surface area (Å²) in [5.74, 6) is 1.97. The Morgan fingerprint density at radius 1 is 0.944 bits per heavy atom. The topological polar surface area (TPSA) is 69.9 Å². The highest BCUT2D eigenvalue weighted by atomic mass is 32.2. The fourth-order valence-electron chi connectivity index (χ4n) is 12.4. The molecule has 1 heterocycles. The van der Waals surface area contributed by atoms with E-state index < -0.39 is 11.7 Å². The number of hydrogen-bond acceptors (Lipinski definition) is 5. The third-order valence-corrected chi connectivity index (χ3v) is 15.5. The van der Waals surface area contributed by atoms with E-state index >= 15 is 0 Å². The molecule has 6 rings (SSSR count). The van der Waals surface area contributed by atoms with Gasteiger partial charge in [0.15, 0.2) is 0 Å². The molecule has 5 aliphatic carbocycles. The standard InChI is InChI=1S/C31H52O4S/c1-17-15-18(25(36-8)27(4,5)34)35-23-22(17)28(6)13-14-31-16-30(31)12-11-21(32)26(2,3)19(30)9-10-20(31)29(28,7)24(23)33/h17-25,32-34H,9-16H2,1-8H3/t17-,18?,19+,20?,21?,22+,23?,24+,25+,28-,29-,30-,31+/m1/s1. The van der Waals surface area contributed by atoms with E-state index in [0.717, 1.165) is 12.8 Å². The second kappa shape index (κ2) is 7.68. The van der Waals surface area contributed by atoms with Crippen molar-refractivity contribution in [3.8, 4) is 0 Å². The number of fused-ring (bicyclic) bond motifs is 4. The molecule has 13 atom stereocenters. The molecule has 3 N–H and O–H groups in total. The van der Waals surface area contributed by atoms with E-state index in [0.29, 0.717) is 34.5 Å². The zero-order valence-corrected chi connectivity index (χ0v) is 24.8. The van der Waals surface area contributed by atoms with Gasteiger partial charge in [-0.15, -0.1) is 0 Å². The van der Waals surface area contributed by atoms with Crippen LogP contribution in [0.2, 0.25) is 0 Å². The zero-order valence-electron chi connectivity index (χ0n) is 24.0. The average molecular weight is 521 g/mol. The first-order chi connectivity index (χ1) is 16.6. The van der Waals surface area contributed by atoms with Crippen molar-refractivity contribution in [3.05, 3.63) is 0 Å². The molecule has 2 spiro atoms. The summed E-state index contributed by atoms with van der Waals surface area (Å²) in [5.41, 5.74) is -0.194. The normalized spacial score (nSPS) is 58.1. The largest absolute Gasteiger partial charge is 0.393 e. The minimum Gasteiger partial charge on any atom is -0.393 e. The maximum atomic E-state index is 12.3. The van der Waals surface area contributed by atoms with Crippen LogP contribution in [0.3, 0.4) is 0 Å². The number of aliphatic hydroxyl groups excluding tert-OH is 2. The Labute approximate surface area is 223 Å². The van der Waals surface area contributed by atoms with Gasteiger partial charge >= 0.3 is 0 Å². The van der Waals surface area contributed by atoms with Gasteiger partial charge in [-0.25, -0.2) is 0 Å². The Bertz CT molecular complexity index is 915. The SMILES string of the molecule is CS[C@@H](C1C[C@@H](C)[C@H]2C(O1)[C@H](O)[C@@]1(C)C3CC[C@H]4C(C)(C)C(O)CC[C@@]45C[C@@]35CC[C@]21C)C(C)(C)O. The van der Waals surface area contributed by atoms with E-state index in [4.69, 9.17) is 4.74 Å². The lowest BCUT2D eigenvalue weighted by Crippen LogP contribution is -2.59. The molecule has 206 valence electrons. The molecule has 36 heavy (non-hydrogen) atoms. The Morgan fingerprint density at radius 2 is 1.58 bits per heavy atom. The van der Waals surface area contributed by atoms with Crippen molar-refractivity contribution < 1.29 is 20.1 Å². The number of rotatable bonds is 3. The van der Waals surface area contributed by atoms with E-state index in [-0.39, 0.29) is 39.8 Å². The summed E-state index contributed by atoms with van der Waals surface area (Å²) in [6.45, 7) is 15.8. The van der Waals surface area contributed by atoms with Crippen LogP contribution in [0, 0.1) is 50.7 Å². The van der Waals surface area contributed by atoms with E-state index in [2.05, 4.69) is 40.9 Å². The molecule has 6 fully saturated rings. The van der Waals surface area contributed by atoms with E-state index in [9.17, 15) is 15.3 Å². The summed E-state index contributed by atoms with van der Waals surface area (Å²) >= 11 is 1.70. The lowest BCUT2D eigenvalue weighted by atomic mass is 9.41. The lowest BCUT2D eigenvalue weighted by molar-refractivity contribution is -0.182. The zero-order chi connectivity index (χ0) is 26.3. The monoisotopic (exact) mass is 520 g/mol. The Hall–Kier alpha value is 0.190. The third kappa shape index (κ3) is 2.89. The first-order valence-corrected chi connectivity index (χ1v) is 16.2. The molecule has 0 aromatic rings. The van der Waals surface area contributed by atoms with Crippen LogP contribution in [0.1, 0.15) is 99.8 Å². The molecule has 5 heteroatoms. The van der Waals surface area contributed by atoms with Gasteiger partial charge in [0.2, 0.25) is 0 Å². The molecule has 4 unspecified atom stereocenters. The summed E-state index contributed by atoms with van der Waals surface area (Å²) in [5, 5.41) is 34.2. The highest BCUT2D eigenvalue weighted by Gasteiger charge is 2.84. The molecule has 0 bridgehead atoms. The number of thioether (sulfide) groups is 1. The van der Waals surface area contributed by atoms with Crippen LogP contribution < -0.4 is 0 Å². The van der Waals surface area contributed by atoms with Crippen LogP contribution in [0.4, 0.5) is 0 Å². The van der Waals surface area contributed by atoms with Crippen LogP contribution in [0.5, 0.6) is 0 Å². The third-order valence-electron chi connectivity index (χ3n) is 14.1. The van der Waals surface area contributed by atoms with Gasteiger partial charge in [-0.05, 0) is 117 Å². The second-order valence-corrected chi connectivity index (χ2v) is 16.9. The molecule has 4 nitrogen and oxygen atoms in total. The fraction of sp³-hybridized carbons (Fsp3) is 1.00. The summed E-state index contributed by atoms with van der Waals surface area (Å²) in [6.07, 6.45) is 10.5. The Balaban J connectivity index is 1.36. The predicted octanol–water partition coefficient (Wildman–Crippen LogP) is 5.66. The van der Waals surface area contributed by atoms with Gasteiger partial charge in [-0.2, -0.15) is 11.8 Å². The molecule has 0 amide bonds. The van der Waals surface area contributed by atoms with Crippen LogP contribution in [0.15, 0.2) is 0 Å². The van der Waals surface area contributed by atoms with Gasteiger partial charge in [0, 0.05) is 5.41 Å². The van der Waals surface area contributed by atoms with Crippen LogP contribution in [-0.2, 0) is 4.74 Å². The fourth-order valence-corrected chi connectivity index (χ4v) is 13.5. The highest BCUT2D eigenvalue weighted by molar-refractivity contribution is 7.99. The van der Waals surface area contributed by atoms with Crippen LogP contribution in [0.25, 0.3) is 0 Å². The minimum atomic E-state index is -0.818. The predicted molar refractivity (Wildman–Crippen MR) is 146 cm³/mol. The average Bonchev–Trinajstić information content (AvgIpc) is 3.41. The summed E-state index contributed by atoms with van der Waals surface area (Å²) in [6, 6.07) is 0. The van der Waals surface area contributed by atoms with Gasteiger partial charge in [0.05, 0.1) is 35.3 Å². The van der Waals surface area contributed by atoms with Gasteiger partial charge in [-0.3, -0.25) is 0 Å². The van der Waals surface area contributed by atoms with Gasteiger partial charge in [0.25, 0.3) is 0 Å². The maximum Gasteiger partial charge on any atom is 0.0879 e. The van der Waals surface area contributed by atoms with Crippen molar-refractivity contribution in [1.29, 1.82) is 0 Å². The van der Waals surface area contributed by atoms with Crippen molar-refractivity contribution in [2.24, 2.45) is 50.7 Å². The molecule has 0 aromatic carbocycles. The first-order valence-electron chi connectivity index (χ1n) is 14.9. The van der Waals surface area contributed by atoms with Crippen molar-refractivity contribution in [1.82, 2.24) is 0 Å². The quantitative estimate of drug-likeness (QED) is 0.448. The van der Waals surface area contributed by atoms with E-state index in [1.54, 1.807) is 11.8 Å². The Kier molecular flexibility index (Phi) is 5.63. The van der Waals surface area contributed by atoms with Crippen LogP contribution >= 0.6 is 11.8 Å². The number of hydrogen-bond donors (Lipinski definition) is 3. The number of aliphatic hydroxyl groups is 3. The smallest absolute Gasteiger partial charge is 0.0879 e. The van der Waals surface area contributed by atoms with E-state index in [1.807, 2.05) is 13.8 Å². The summed E-state index contributed by atoms with van der Waals surface area (Å²) in [7, 11) is 0. The lowest BCUT2D eigenvalue weighted by Gasteiger charge is -2.63. The number of ether oxygens (including phenoxy) is 1. The van der Waals surface area contributed by atoms with Gasteiger partial charge < -0.3 is 20.1 Å². The second-order valence-electron chi connectivity index (χ2n) is 15.9. The first kappa shape index (κ1) is 26.4. The minimum absolute atomic E-state index is 0.000667. The molecular weight excluding hydrogens is 468 g/mol. The molecular formula is C31H52O4S. The van der Waals surface area contributed by atoms with Crippen LogP contribution in [-0.4, -0.2) is 56.8 Å². The molecule has 0 aromatic heterocycles. The summed E-state index contributed by atoms with van der Waals surface area (Å²) in [4.78, 5) is 0. The molecule has 5 saturated carbocycles.